The zero-order chi connectivity index (χ0) is 15.9. The second kappa shape index (κ2) is 8.21. The van der Waals surface area contributed by atoms with Crippen LogP contribution in [0.2, 0.25) is 38.8 Å². The number of unbranched alkanes of at least 4 members (excludes halogenated alkanes) is 3. The molecule has 0 bridgehead atoms. The highest BCUT2D eigenvalue weighted by atomic mass is 28.3. The van der Waals surface area contributed by atoms with E-state index in [-0.39, 0.29) is 0 Å². The van der Waals surface area contributed by atoms with E-state index in [0.29, 0.717) is 0 Å². The Hall–Kier alpha value is -0.306. The second-order valence-electron chi connectivity index (χ2n) is 7.55. The largest absolute Gasteiger partial charge is 0.381 e. The Labute approximate surface area is 128 Å². The lowest BCUT2D eigenvalue weighted by Crippen LogP contribution is -2.53. The molecule has 0 aromatic rings. The zero-order valence-electron chi connectivity index (χ0n) is 14.5. The van der Waals surface area contributed by atoms with Gasteiger partial charge in [-0.25, -0.2) is 0 Å². The standard InChI is InChI=1S/C17H34OSi2/c1-8-10-11-12-13-17(18,14-16-19(3,4)5)20(6,7)15-9-2/h9,18H,2,8,10-13,15H2,1,3-7H3. The van der Waals surface area contributed by atoms with Crippen LogP contribution in [0.15, 0.2) is 12.7 Å². The number of aliphatic hydroxyl groups is 1. The normalized spacial score (nSPS) is 15.2. The van der Waals surface area contributed by atoms with Crippen LogP contribution < -0.4 is 0 Å². The summed E-state index contributed by atoms with van der Waals surface area (Å²) in [5.41, 5.74) is 3.41. The molecule has 0 aromatic heterocycles. The van der Waals surface area contributed by atoms with Gasteiger partial charge in [0, 0.05) is 0 Å². The van der Waals surface area contributed by atoms with Crippen molar-refractivity contribution in [2.75, 3.05) is 0 Å². The highest BCUT2D eigenvalue weighted by Gasteiger charge is 2.42. The summed E-state index contributed by atoms with van der Waals surface area (Å²) < 4.78 is 0. The summed E-state index contributed by atoms with van der Waals surface area (Å²) in [6, 6.07) is 0.928. The molecule has 0 aliphatic rings. The molecule has 1 N–H and O–H groups in total. The lowest BCUT2D eigenvalue weighted by Gasteiger charge is -2.37. The topological polar surface area (TPSA) is 20.2 Å². The van der Waals surface area contributed by atoms with E-state index in [1.807, 2.05) is 6.08 Å². The van der Waals surface area contributed by atoms with Crippen molar-refractivity contribution < 1.29 is 5.11 Å². The smallest absolute Gasteiger partial charge is 0.129 e. The van der Waals surface area contributed by atoms with Gasteiger partial charge in [0.2, 0.25) is 0 Å². The third-order valence-electron chi connectivity index (χ3n) is 3.81. The van der Waals surface area contributed by atoms with Crippen molar-refractivity contribution in [3.63, 3.8) is 0 Å². The van der Waals surface area contributed by atoms with E-state index in [2.05, 4.69) is 57.7 Å². The van der Waals surface area contributed by atoms with Crippen LogP contribution in [0.25, 0.3) is 0 Å². The summed E-state index contributed by atoms with van der Waals surface area (Å²) in [4.78, 5) is 0. The fourth-order valence-electron chi connectivity index (χ4n) is 2.20. The minimum Gasteiger partial charge on any atom is -0.381 e. The summed E-state index contributed by atoms with van der Waals surface area (Å²) in [6.07, 6.45) is 7.55. The Bertz CT molecular complexity index is 357. The van der Waals surface area contributed by atoms with Crippen molar-refractivity contribution in [2.24, 2.45) is 0 Å². The third-order valence-corrected chi connectivity index (χ3v) is 8.61. The van der Waals surface area contributed by atoms with Crippen molar-refractivity contribution in [1.82, 2.24) is 0 Å². The monoisotopic (exact) mass is 310 g/mol. The first-order valence-electron chi connectivity index (χ1n) is 7.95. The predicted molar refractivity (Wildman–Crippen MR) is 97.3 cm³/mol. The predicted octanol–water partition coefficient (Wildman–Crippen LogP) is 5.00. The van der Waals surface area contributed by atoms with Gasteiger partial charge in [-0.1, -0.05) is 70.9 Å². The van der Waals surface area contributed by atoms with Gasteiger partial charge in [0.15, 0.2) is 0 Å². The van der Waals surface area contributed by atoms with Crippen molar-refractivity contribution >= 4 is 16.1 Å². The molecule has 116 valence electrons. The van der Waals surface area contributed by atoms with Crippen LogP contribution in [0.3, 0.4) is 0 Å². The molecule has 0 amide bonds. The van der Waals surface area contributed by atoms with Gasteiger partial charge in [-0.05, 0) is 18.9 Å². The average molecular weight is 311 g/mol. The Balaban J connectivity index is 5.11. The molecule has 1 nitrogen and oxygen atoms in total. The molecule has 1 unspecified atom stereocenters. The number of hydrogen-bond acceptors (Lipinski definition) is 1. The van der Waals surface area contributed by atoms with Crippen molar-refractivity contribution in [3.05, 3.63) is 12.7 Å². The molecule has 20 heavy (non-hydrogen) atoms. The van der Waals surface area contributed by atoms with E-state index >= 15 is 0 Å². The second-order valence-corrected chi connectivity index (χ2v) is 17.3. The molecular weight excluding hydrogens is 276 g/mol. The van der Waals surface area contributed by atoms with Crippen LogP contribution in [0, 0.1) is 11.5 Å². The molecule has 0 aliphatic heterocycles. The van der Waals surface area contributed by atoms with Crippen molar-refractivity contribution in [2.45, 2.75) is 83.0 Å². The lowest BCUT2D eigenvalue weighted by molar-refractivity contribution is 0.160. The summed E-state index contributed by atoms with van der Waals surface area (Å²) >= 11 is 0. The lowest BCUT2D eigenvalue weighted by atomic mass is 10.1. The Kier molecular flexibility index (Phi) is 8.09. The number of rotatable bonds is 8. The van der Waals surface area contributed by atoms with Crippen molar-refractivity contribution in [1.29, 1.82) is 0 Å². The van der Waals surface area contributed by atoms with Crippen LogP contribution in [0.1, 0.15) is 39.0 Å². The third kappa shape index (κ3) is 6.92. The van der Waals surface area contributed by atoms with Crippen LogP contribution in [0.4, 0.5) is 0 Å². The van der Waals surface area contributed by atoms with E-state index in [4.69, 9.17) is 0 Å². The van der Waals surface area contributed by atoms with E-state index in [0.717, 1.165) is 18.9 Å². The molecule has 0 radical (unpaired) electrons. The van der Waals surface area contributed by atoms with Gasteiger partial charge in [0.1, 0.15) is 21.4 Å². The SMILES string of the molecule is C=CC[Si](C)(C)C(O)(C#C[Si](C)(C)C)CCCCCC. The van der Waals surface area contributed by atoms with Gasteiger partial charge in [-0.15, -0.1) is 12.1 Å². The maximum absolute atomic E-state index is 11.2. The first kappa shape index (κ1) is 19.7. The number of allylic oxidation sites excluding steroid dienone is 1. The van der Waals surface area contributed by atoms with Gasteiger partial charge in [0.05, 0.1) is 0 Å². The van der Waals surface area contributed by atoms with Crippen LogP contribution >= 0.6 is 0 Å². The maximum atomic E-state index is 11.2. The summed E-state index contributed by atoms with van der Waals surface area (Å²) in [6.45, 7) is 17.3. The molecule has 0 aliphatic carbocycles. The minimum absolute atomic E-state index is 0.755. The molecular formula is C17H34OSi2. The molecule has 1 atom stereocenters. The fourth-order valence-corrected chi connectivity index (χ4v) is 5.22. The van der Waals surface area contributed by atoms with Gasteiger partial charge < -0.3 is 5.11 Å². The van der Waals surface area contributed by atoms with Gasteiger partial charge >= 0.3 is 0 Å². The fraction of sp³-hybridized carbons (Fsp3) is 0.765. The molecule has 3 heteroatoms. The van der Waals surface area contributed by atoms with Gasteiger partial charge in [-0.3, -0.25) is 0 Å². The van der Waals surface area contributed by atoms with Crippen molar-refractivity contribution in [3.8, 4) is 11.5 Å². The van der Waals surface area contributed by atoms with Crippen LogP contribution in [-0.4, -0.2) is 26.5 Å². The molecule has 0 fully saturated rings. The first-order chi connectivity index (χ1) is 9.08. The average Bonchev–Trinajstić information content (AvgIpc) is 2.31. The Morgan fingerprint density at radius 2 is 1.70 bits per heavy atom. The Morgan fingerprint density at radius 1 is 1.10 bits per heavy atom. The summed E-state index contributed by atoms with van der Waals surface area (Å²) in [5.74, 6) is 3.32. The highest BCUT2D eigenvalue weighted by molar-refractivity contribution is 6.84. The molecule has 0 aromatic carbocycles. The molecule has 0 spiro atoms. The highest BCUT2D eigenvalue weighted by Crippen LogP contribution is 2.30. The van der Waals surface area contributed by atoms with Gasteiger partial charge in [-0.2, -0.15) is 0 Å². The van der Waals surface area contributed by atoms with E-state index in [1.54, 1.807) is 0 Å². The minimum atomic E-state index is -1.83. The number of hydrogen-bond donors (Lipinski definition) is 1. The maximum Gasteiger partial charge on any atom is 0.129 e. The molecule has 0 heterocycles. The van der Waals surface area contributed by atoms with Crippen LogP contribution in [0.5, 0.6) is 0 Å². The van der Waals surface area contributed by atoms with E-state index in [1.165, 1.54) is 19.3 Å². The molecule has 0 saturated carbocycles. The van der Waals surface area contributed by atoms with E-state index < -0.39 is 21.4 Å². The van der Waals surface area contributed by atoms with E-state index in [9.17, 15) is 5.11 Å². The molecule has 0 rings (SSSR count). The molecule has 0 saturated heterocycles. The zero-order valence-corrected chi connectivity index (χ0v) is 16.5. The summed E-state index contributed by atoms with van der Waals surface area (Å²) in [5, 5.41) is 10.4. The Morgan fingerprint density at radius 3 is 2.15 bits per heavy atom. The van der Waals surface area contributed by atoms with Crippen LogP contribution in [-0.2, 0) is 0 Å². The summed E-state index contributed by atoms with van der Waals surface area (Å²) in [7, 11) is -3.28. The first-order valence-corrected chi connectivity index (χ1v) is 14.7. The van der Waals surface area contributed by atoms with Gasteiger partial charge in [0.25, 0.3) is 0 Å². The quantitative estimate of drug-likeness (QED) is 0.289.